The summed E-state index contributed by atoms with van der Waals surface area (Å²) in [6.07, 6.45) is 3.26. The third-order valence-electron chi connectivity index (χ3n) is 1.97. The lowest BCUT2D eigenvalue weighted by molar-refractivity contribution is 0.0691. The molecule has 1 rings (SSSR count). The Balaban J connectivity index is 3.23. The van der Waals surface area contributed by atoms with E-state index in [4.69, 9.17) is 5.11 Å². The minimum absolute atomic E-state index is 0.0509. The van der Waals surface area contributed by atoms with Crippen molar-refractivity contribution >= 4 is 5.97 Å². The van der Waals surface area contributed by atoms with Gasteiger partial charge in [-0.15, -0.1) is 0 Å². The second-order valence-corrected chi connectivity index (χ2v) is 2.97. The highest BCUT2D eigenvalue weighted by molar-refractivity contribution is 5.88. The smallest absolute Gasteiger partial charge is 0.338 e. The van der Waals surface area contributed by atoms with Crippen LogP contribution in [0.25, 0.3) is 0 Å². The van der Waals surface area contributed by atoms with Gasteiger partial charge >= 0.3 is 5.97 Å². The summed E-state index contributed by atoms with van der Waals surface area (Å²) in [5.41, 5.74) is -0.719. The normalized spacial score (nSPS) is 10.9. The van der Waals surface area contributed by atoms with E-state index in [0.29, 0.717) is 0 Å². The van der Waals surface area contributed by atoms with Gasteiger partial charge in [-0.1, -0.05) is 12.2 Å². The first kappa shape index (κ1) is 11.4. The molecule has 2 nitrogen and oxygen atoms in total. The second-order valence-electron chi connectivity index (χ2n) is 2.97. The number of carbonyl (C=O) groups is 1. The van der Waals surface area contributed by atoms with Gasteiger partial charge in [0, 0.05) is 5.56 Å². The lowest BCUT2D eigenvalue weighted by Crippen LogP contribution is -2.05. The van der Waals surface area contributed by atoms with Crippen LogP contribution in [0.2, 0.25) is 0 Å². The van der Waals surface area contributed by atoms with Crippen LogP contribution in [-0.4, -0.2) is 11.1 Å². The molecule has 0 amide bonds. The number of hydrogen-bond acceptors (Lipinski definition) is 1. The Morgan fingerprint density at radius 2 is 2.13 bits per heavy atom. The number of allylic oxidation sites excluding steroid dienone is 2. The van der Waals surface area contributed by atoms with Crippen LogP contribution in [0.3, 0.4) is 0 Å². The van der Waals surface area contributed by atoms with Gasteiger partial charge in [-0.3, -0.25) is 0 Å². The van der Waals surface area contributed by atoms with Crippen LogP contribution in [0.1, 0.15) is 22.8 Å². The fourth-order valence-corrected chi connectivity index (χ4v) is 1.19. The summed E-state index contributed by atoms with van der Waals surface area (Å²) in [6.45, 7) is 1.72. The van der Waals surface area contributed by atoms with Crippen molar-refractivity contribution in [3.05, 3.63) is 47.0 Å². The van der Waals surface area contributed by atoms with Gasteiger partial charge in [0.1, 0.15) is 11.6 Å². The SMILES string of the molecule is CC=CCc1c(F)ccc(C(=O)O)c1F. The molecule has 0 radical (unpaired) electrons. The summed E-state index contributed by atoms with van der Waals surface area (Å²) >= 11 is 0. The average Bonchev–Trinajstić information content (AvgIpc) is 2.17. The first-order valence-electron chi connectivity index (χ1n) is 4.39. The molecule has 0 aromatic heterocycles. The Bertz CT molecular complexity index is 411. The lowest BCUT2D eigenvalue weighted by Gasteiger charge is -2.04. The number of rotatable bonds is 3. The molecule has 0 bridgehead atoms. The Morgan fingerprint density at radius 1 is 1.47 bits per heavy atom. The first-order valence-corrected chi connectivity index (χ1v) is 4.39. The van der Waals surface area contributed by atoms with Gasteiger partial charge < -0.3 is 5.11 Å². The highest BCUT2D eigenvalue weighted by Gasteiger charge is 2.16. The summed E-state index contributed by atoms with van der Waals surface area (Å²) in [6, 6.07) is 1.89. The van der Waals surface area contributed by atoms with E-state index >= 15 is 0 Å². The van der Waals surface area contributed by atoms with Crippen LogP contribution in [0.4, 0.5) is 8.78 Å². The van der Waals surface area contributed by atoms with E-state index in [2.05, 4.69) is 0 Å². The molecule has 0 unspecified atom stereocenters. The predicted octanol–water partition coefficient (Wildman–Crippen LogP) is 2.78. The quantitative estimate of drug-likeness (QED) is 0.782. The molecule has 4 heteroatoms. The van der Waals surface area contributed by atoms with E-state index in [1.807, 2.05) is 0 Å². The van der Waals surface area contributed by atoms with Crippen molar-refractivity contribution < 1.29 is 18.7 Å². The van der Waals surface area contributed by atoms with E-state index in [9.17, 15) is 13.6 Å². The van der Waals surface area contributed by atoms with Crippen molar-refractivity contribution in [1.82, 2.24) is 0 Å². The maximum absolute atomic E-state index is 13.5. The minimum atomic E-state index is -1.39. The zero-order valence-electron chi connectivity index (χ0n) is 8.13. The summed E-state index contributed by atoms with van der Waals surface area (Å²) in [5, 5.41) is 8.63. The van der Waals surface area contributed by atoms with Gasteiger partial charge in [-0.2, -0.15) is 0 Å². The standard InChI is InChI=1S/C11H10F2O2/c1-2-3-4-7-9(12)6-5-8(10(7)13)11(14)15/h2-3,5-6H,4H2,1H3,(H,14,15). The molecule has 15 heavy (non-hydrogen) atoms. The van der Waals surface area contributed by atoms with E-state index in [0.717, 1.165) is 12.1 Å². The van der Waals surface area contributed by atoms with Gasteiger partial charge in [0.25, 0.3) is 0 Å². The van der Waals surface area contributed by atoms with E-state index < -0.39 is 23.2 Å². The fraction of sp³-hybridized carbons (Fsp3) is 0.182. The third-order valence-corrected chi connectivity index (χ3v) is 1.97. The zero-order chi connectivity index (χ0) is 11.4. The number of aromatic carboxylic acids is 1. The van der Waals surface area contributed by atoms with Crippen LogP contribution < -0.4 is 0 Å². The van der Waals surface area contributed by atoms with Gasteiger partial charge in [0.05, 0.1) is 5.56 Å². The second kappa shape index (κ2) is 4.68. The van der Waals surface area contributed by atoms with Crippen LogP contribution in [0.15, 0.2) is 24.3 Å². The van der Waals surface area contributed by atoms with Crippen LogP contribution in [0, 0.1) is 11.6 Å². The Labute approximate surface area is 85.9 Å². The maximum atomic E-state index is 13.5. The Hall–Kier alpha value is -1.71. The van der Waals surface area contributed by atoms with E-state index in [1.54, 1.807) is 19.1 Å². The molecule has 1 aromatic rings. The van der Waals surface area contributed by atoms with Gasteiger partial charge in [0.2, 0.25) is 0 Å². The third kappa shape index (κ3) is 2.40. The highest BCUT2D eigenvalue weighted by Crippen LogP contribution is 2.17. The topological polar surface area (TPSA) is 37.3 Å². The number of halogens is 2. The molecule has 1 aromatic carbocycles. The molecule has 0 heterocycles. The maximum Gasteiger partial charge on any atom is 0.338 e. The Morgan fingerprint density at radius 3 is 2.67 bits per heavy atom. The molecule has 0 saturated carbocycles. The van der Waals surface area contributed by atoms with E-state index in [1.165, 1.54) is 0 Å². The number of carboxylic acid groups (broad SMARTS) is 1. The highest BCUT2D eigenvalue weighted by atomic mass is 19.1. The zero-order valence-corrected chi connectivity index (χ0v) is 8.13. The minimum Gasteiger partial charge on any atom is -0.478 e. The molecular weight excluding hydrogens is 202 g/mol. The summed E-state index contributed by atoms with van der Waals surface area (Å²) in [4.78, 5) is 10.6. The molecule has 0 aliphatic heterocycles. The molecule has 0 aliphatic rings. The molecule has 0 aliphatic carbocycles. The van der Waals surface area contributed by atoms with Gasteiger partial charge in [-0.05, 0) is 25.5 Å². The van der Waals surface area contributed by atoms with Crippen molar-refractivity contribution in [2.24, 2.45) is 0 Å². The fourth-order valence-electron chi connectivity index (χ4n) is 1.19. The van der Waals surface area contributed by atoms with Crippen molar-refractivity contribution in [2.45, 2.75) is 13.3 Å². The molecule has 0 atom stereocenters. The van der Waals surface area contributed by atoms with Crippen molar-refractivity contribution in [2.75, 3.05) is 0 Å². The molecule has 1 N–H and O–H groups in total. The monoisotopic (exact) mass is 212 g/mol. The number of benzene rings is 1. The van der Waals surface area contributed by atoms with Crippen LogP contribution >= 0.6 is 0 Å². The van der Waals surface area contributed by atoms with Crippen molar-refractivity contribution in [3.8, 4) is 0 Å². The van der Waals surface area contributed by atoms with Crippen molar-refractivity contribution in [3.63, 3.8) is 0 Å². The average molecular weight is 212 g/mol. The first-order chi connectivity index (χ1) is 7.07. The molecule has 80 valence electrons. The van der Waals surface area contributed by atoms with Crippen molar-refractivity contribution in [1.29, 1.82) is 0 Å². The molecular formula is C11H10F2O2. The Kier molecular flexibility index (Phi) is 3.55. The summed E-state index contributed by atoms with van der Waals surface area (Å²) in [7, 11) is 0. The molecule has 0 saturated heterocycles. The van der Waals surface area contributed by atoms with Crippen LogP contribution in [-0.2, 0) is 6.42 Å². The number of hydrogen-bond donors (Lipinski definition) is 1. The molecule has 0 fully saturated rings. The van der Waals surface area contributed by atoms with Gasteiger partial charge in [0.15, 0.2) is 0 Å². The van der Waals surface area contributed by atoms with E-state index in [-0.39, 0.29) is 12.0 Å². The summed E-state index contributed by atoms with van der Waals surface area (Å²) < 4.78 is 26.6. The molecule has 0 spiro atoms. The van der Waals surface area contributed by atoms with Gasteiger partial charge in [-0.25, -0.2) is 13.6 Å². The predicted molar refractivity (Wildman–Crippen MR) is 51.8 cm³/mol. The largest absolute Gasteiger partial charge is 0.478 e. The summed E-state index contributed by atoms with van der Waals surface area (Å²) in [5.74, 6) is -3.12. The van der Waals surface area contributed by atoms with Crippen LogP contribution in [0.5, 0.6) is 0 Å². The number of carboxylic acids is 1. The lowest BCUT2D eigenvalue weighted by atomic mass is 10.1.